The maximum atomic E-state index is 15.3. The van der Waals surface area contributed by atoms with Gasteiger partial charge in [-0.05, 0) is 60.6 Å². The second-order valence-corrected chi connectivity index (χ2v) is 13.7. The van der Waals surface area contributed by atoms with Crippen molar-refractivity contribution in [3.63, 3.8) is 0 Å². The number of phenolic OH excluding ortho intramolecular Hbond substituents is 2. The van der Waals surface area contributed by atoms with Gasteiger partial charge in [0.2, 0.25) is 0 Å². The number of carboxylic acid groups (broad SMARTS) is 1. The van der Waals surface area contributed by atoms with Crippen LogP contribution in [0.3, 0.4) is 0 Å². The molecule has 3 N–H and O–H groups in total. The minimum absolute atomic E-state index is 0.00805. The van der Waals surface area contributed by atoms with Gasteiger partial charge in [0.05, 0.1) is 22.6 Å². The largest absolute Gasteiger partial charge is 0.507 e. The van der Waals surface area contributed by atoms with Crippen molar-refractivity contribution in [1.82, 2.24) is 4.57 Å². The van der Waals surface area contributed by atoms with E-state index in [0.717, 1.165) is 11.5 Å². The van der Waals surface area contributed by atoms with E-state index >= 15 is 4.79 Å². The van der Waals surface area contributed by atoms with Crippen molar-refractivity contribution in [3.05, 3.63) is 67.6 Å². The Morgan fingerprint density at radius 2 is 1.67 bits per heavy atom. The quantitative estimate of drug-likeness (QED) is 0.328. The molecule has 1 aromatic heterocycles. The molecule has 1 spiro atoms. The number of rotatable bonds is 6. The summed E-state index contributed by atoms with van der Waals surface area (Å²) < 4.78 is 18.9. The molecule has 6 atom stereocenters. The summed E-state index contributed by atoms with van der Waals surface area (Å²) in [6.45, 7) is 7.35. The Morgan fingerprint density at radius 1 is 1.00 bits per heavy atom. The molecule has 0 radical (unpaired) electrons. The smallest absolute Gasteiger partial charge is 0.342 e. The molecule has 3 aromatic rings. The first kappa shape index (κ1) is 31.6. The zero-order valence-corrected chi connectivity index (χ0v) is 27.0. The summed E-state index contributed by atoms with van der Waals surface area (Å²) >= 11 is 0. The molecule has 13 heteroatoms. The lowest BCUT2D eigenvalue weighted by Crippen LogP contribution is -2.57. The average molecular weight is 660 g/mol. The van der Waals surface area contributed by atoms with Crippen molar-refractivity contribution in [1.29, 1.82) is 0 Å². The van der Waals surface area contributed by atoms with E-state index in [9.17, 15) is 39.3 Å². The molecule has 4 aliphatic rings. The van der Waals surface area contributed by atoms with E-state index in [1.54, 1.807) is 27.7 Å². The van der Waals surface area contributed by atoms with Crippen LogP contribution in [0.25, 0.3) is 10.8 Å². The Bertz CT molecular complexity index is 2130. The molecule has 13 nitrogen and oxygen atoms in total. The summed E-state index contributed by atoms with van der Waals surface area (Å²) in [4.78, 5) is 82.9. The SMILES string of the molecule is CO[C@@]12c3c(C)cc(O)c4c(=O)n([C@H](CC(C)C)C(=O)O)cc(c34)C(=O)[C@@H]1[C@]13COC(=O)c4c(O)cc(C)c(c41)C(=O)[C@H]2[C@@H]3OC(C)=O. The number of nitrogens with zero attached hydrogens (tertiary/aromatic N) is 1. The van der Waals surface area contributed by atoms with Crippen molar-refractivity contribution < 1.29 is 53.5 Å². The van der Waals surface area contributed by atoms with Crippen molar-refractivity contribution >= 4 is 40.2 Å². The topological polar surface area (TPSA) is 196 Å². The number of hydrogen-bond donors (Lipinski definition) is 3. The molecule has 1 aliphatic heterocycles. The number of benzene rings is 2. The van der Waals surface area contributed by atoms with Crippen LogP contribution in [0.1, 0.15) is 86.6 Å². The van der Waals surface area contributed by atoms with Crippen LogP contribution in [0.4, 0.5) is 0 Å². The fourth-order valence-electron chi connectivity index (χ4n) is 9.27. The van der Waals surface area contributed by atoms with Crippen molar-refractivity contribution in [2.75, 3.05) is 13.7 Å². The summed E-state index contributed by atoms with van der Waals surface area (Å²) in [5.41, 5.74) is -4.11. The van der Waals surface area contributed by atoms with Crippen molar-refractivity contribution in [2.24, 2.45) is 17.8 Å². The van der Waals surface area contributed by atoms with Gasteiger partial charge in [-0.1, -0.05) is 13.8 Å². The van der Waals surface area contributed by atoms with E-state index in [2.05, 4.69) is 0 Å². The number of esters is 2. The van der Waals surface area contributed by atoms with Crippen LogP contribution < -0.4 is 5.56 Å². The van der Waals surface area contributed by atoms with Gasteiger partial charge < -0.3 is 29.5 Å². The number of hydrogen-bond acceptors (Lipinski definition) is 11. The number of ether oxygens (including phenoxy) is 3. The van der Waals surface area contributed by atoms with Crippen LogP contribution in [-0.4, -0.2) is 69.2 Å². The third-order valence-electron chi connectivity index (χ3n) is 10.7. The van der Waals surface area contributed by atoms with Gasteiger partial charge in [-0.2, -0.15) is 0 Å². The van der Waals surface area contributed by atoms with Gasteiger partial charge >= 0.3 is 17.9 Å². The summed E-state index contributed by atoms with van der Waals surface area (Å²) in [7, 11) is 1.29. The zero-order chi connectivity index (χ0) is 34.9. The molecular weight excluding hydrogens is 626 g/mol. The first-order valence-electron chi connectivity index (χ1n) is 15.6. The number of carbonyl (C=O) groups excluding carboxylic acids is 4. The molecule has 2 aromatic carbocycles. The lowest BCUT2D eigenvalue weighted by molar-refractivity contribution is -0.154. The van der Waals surface area contributed by atoms with Gasteiger partial charge in [0.1, 0.15) is 41.4 Å². The first-order valence-corrected chi connectivity index (χ1v) is 15.6. The average Bonchev–Trinajstić information content (AvgIpc) is 3.17. The normalized spacial score (nSPS) is 27.1. The van der Waals surface area contributed by atoms with Crippen LogP contribution in [0.15, 0.2) is 23.1 Å². The Labute approximate surface area is 273 Å². The summed E-state index contributed by atoms with van der Waals surface area (Å²) in [5.74, 6) is -8.41. The van der Waals surface area contributed by atoms with Crippen LogP contribution in [0.2, 0.25) is 0 Å². The number of fused-ring (bicyclic) bond motifs is 4. The standard InChI is InChI=1S/C35H33NO12/c1-12(2)7-17(32(43)44)36-10-16-21-22(31(36)42)18(38)9-14(4)24(21)35(46-6)26-28(41)20-13(3)8-19(39)23-25(20)34(11-47-33(23)45,29(35)27(16)40)30(26)48-15(5)37/h8-10,12,17,26,29-30,38-39H,7,11H2,1-6H3,(H,43,44)/t17-,26+,29-,30+,34+,35-/m1/s1. The lowest BCUT2D eigenvalue weighted by Gasteiger charge is -2.47. The highest BCUT2D eigenvalue weighted by Gasteiger charge is 2.80. The van der Waals surface area contributed by atoms with Gasteiger partial charge in [0.25, 0.3) is 5.56 Å². The number of aromatic hydroxyl groups is 2. The summed E-state index contributed by atoms with van der Waals surface area (Å²) in [6, 6.07) is 1.15. The van der Waals surface area contributed by atoms with Crippen molar-refractivity contribution in [2.45, 2.75) is 64.2 Å². The zero-order valence-electron chi connectivity index (χ0n) is 27.0. The van der Waals surface area contributed by atoms with Crippen LogP contribution in [0, 0.1) is 31.6 Å². The second kappa shape index (κ2) is 9.99. The highest BCUT2D eigenvalue weighted by molar-refractivity contribution is 6.19. The Hall–Kier alpha value is -5.04. The maximum Gasteiger partial charge on any atom is 0.342 e. The third kappa shape index (κ3) is 3.54. The number of cyclic esters (lactones) is 1. The molecule has 2 bridgehead atoms. The van der Waals surface area contributed by atoms with Crippen LogP contribution in [0.5, 0.6) is 11.5 Å². The molecular formula is C35H33NO12. The molecule has 1 saturated carbocycles. The molecule has 0 saturated heterocycles. The maximum absolute atomic E-state index is 15.3. The summed E-state index contributed by atoms with van der Waals surface area (Å²) in [5, 5.41) is 32.2. The minimum atomic E-state index is -1.94. The number of carboxylic acids is 1. The van der Waals surface area contributed by atoms with Gasteiger partial charge in [0.15, 0.2) is 11.6 Å². The van der Waals surface area contributed by atoms with E-state index < -0.39 is 88.1 Å². The lowest BCUT2D eigenvalue weighted by atomic mass is 9.59. The fraction of sp³-hybridized carbons (Fsp3) is 0.429. The number of Topliss-reactive ketones (excluding diaryl/α,β-unsaturated/α-hetero) is 2. The number of aryl methyl sites for hydroxylation is 2. The van der Waals surface area contributed by atoms with Gasteiger partial charge in [-0.25, -0.2) is 9.59 Å². The number of ketones is 2. The molecule has 3 aliphatic carbocycles. The first-order chi connectivity index (χ1) is 22.6. The van der Waals surface area contributed by atoms with Crippen LogP contribution in [-0.2, 0) is 34.8 Å². The molecule has 1 fully saturated rings. The number of phenols is 2. The van der Waals surface area contributed by atoms with E-state index in [1.165, 1.54) is 25.4 Å². The summed E-state index contributed by atoms with van der Waals surface area (Å²) in [6.07, 6.45) is -0.247. The Kier molecular flexibility index (Phi) is 6.56. The van der Waals surface area contributed by atoms with E-state index in [1.807, 2.05) is 0 Å². The van der Waals surface area contributed by atoms with E-state index in [4.69, 9.17) is 14.2 Å². The van der Waals surface area contributed by atoms with E-state index in [-0.39, 0.29) is 50.9 Å². The number of aromatic nitrogens is 1. The minimum Gasteiger partial charge on any atom is -0.507 e. The second-order valence-electron chi connectivity index (χ2n) is 13.7. The molecule has 48 heavy (non-hydrogen) atoms. The highest BCUT2D eigenvalue weighted by atomic mass is 16.6. The van der Waals surface area contributed by atoms with Gasteiger partial charge in [0, 0.05) is 36.7 Å². The number of pyridine rings is 1. The number of aliphatic carboxylic acids is 1. The van der Waals surface area contributed by atoms with Crippen LogP contribution >= 0.6 is 0 Å². The fourth-order valence-corrected chi connectivity index (χ4v) is 9.27. The van der Waals surface area contributed by atoms with E-state index in [0.29, 0.717) is 11.1 Å². The van der Waals surface area contributed by atoms with Crippen molar-refractivity contribution in [3.8, 4) is 11.5 Å². The Morgan fingerprint density at radius 3 is 2.27 bits per heavy atom. The molecule has 0 amide bonds. The van der Waals surface area contributed by atoms with Gasteiger partial charge in [-0.3, -0.25) is 23.7 Å². The monoisotopic (exact) mass is 659 g/mol. The number of methoxy groups -OCH3 is 1. The molecule has 250 valence electrons. The Balaban J connectivity index is 1.68. The highest BCUT2D eigenvalue weighted by Crippen LogP contribution is 2.70. The molecule has 2 heterocycles. The number of carbonyl (C=O) groups is 5. The predicted octanol–water partition coefficient (Wildman–Crippen LogP) is 3.22. The third-order valence-corrected chi connectivity index (χ3v) is 10.7. The predicted molar refractivity (Wildman–Crippen MR) is 165 cm³/mol. The molecule has 0 unspecified atom stereocenters. The molecule has 7 rings (SSSR count). The van der Waals surface area contributed by atoms with Gasteiger partial charge in [-0.15, -0.1) is 0 Å².